The first-order valence-corrected chi connectivity index (χ1v) is 13.9. The van der Waals surface area contributed by atoms with Gasteiger partial charge in [-0.05, 0) is 69.2 Å². The lowest BCUT2D eigenvalue weighted by Crippen LogP contribution is -2.54. The van der Waals surface area contributed by atoms with E-state index in [1.54, 1.807) is 13.2 Å². The fraction of sp³-hybridized carbons (Fsp3) is 0.724. The molecule has 2 aliphatic rings. The van der Waals surface area contributed by atoms with E-state index in [-0.39, 0.29) is 18.0 Å². The van der Waals surface area contributed by atoms with Crippen LogP contribution in [-0.4, -0.2) is 62.5 Å². The van der Waals surface area contributed by atoms with Crippen LogP contribution in [0.25, 0.3) is 0 Å². The number of likely N-dealkylation sites (N-methyl/N-ethyl adjacent to an activating group) is 1. The minimum atomic E-state index is -1.09. The van der Waals surface area contributed by atoms with Crippen molar-refractivity contribution in [3.05, 3.63) is 35.4 Å². The lowest BCUT2D eigenvalue weighted by molar-refractivity contribution is -0.0564. The number of carbonyl (C=O) groups is 1. The van der Waals surface area contributed by atoms with Crippen LogP contribution < -0.4 is 10.6 Å². The Balaban J connectivity index is 1.70. The van der Waals surface area contributed by atoms with Gasteiger partial charge in [0.2, 0.25) is 0 Å². The summed E-state index contributed by atoms with van der Waals surface area (Å²) < 4.78 is 5.21. The fourth-order valence-corrected chi connectivity index (χ4v) is 6.17. The molecule has 2 fully saturated rings. The Kier molecular flexibility index (Phi) is 11.5. The normalized spacial score (nSPS) is 21.4. The van der Waals surface area contributed by atoms with Crippen LogP contribution in [0.3, 0.4) is 0 Å². The van der Waals surface area contributed by atoms with E-state index in [1.807, 2.05) is 30.1 Å². The second kappa shape index (κ2) is 14.6. The van der Waals surface area contributed by atoms with Gasteiger partial charge in [-0.15, -0.1) is 0 Å². The van der Waals surface area contributed by atoms with E-state index < -0.39 is 5.60 Å². The van der Waals surface area contributed by atoms with Crippen LogP contribution >= 0.6 is 0 Å². The highest BCUT2D eigenvalue weighted by molar-refractivity contribution is 5.74. The summed E-state index contributed by atoms with van der Waals surface area (Å²) in [6.45, 7) is 2.64. The monoisotopic (exact) mass is 498 g/mol. The number of rotatable bonds is 12. The summed E-state index contributed by atoms with van der Waals surface area (Å²) in [5, 5.41) is 28.1. The number of hydrogen-bond acceptors (Lipinski definition) is 5. The van der Waals surface area contributed by atoms with Crippen LogP contribution in [0.1, 0.15) is 81.8 Å². The van der Waals surface area contributed by atoms with Crippen LogP contribution in [0.4, 0.5) is 4.79 Å². The predicted octanol–water partition coefficient (Wildman–Crippen LogP) is 4.54. The van der Waals surface area contributed by atoms with Gasteiger partial charge >= 0.3 is 6.03 Å². The Labute approximate surface area is 217 Å². The van der Waals surface area contributed by atoms with Crippen molar-refractivity contribution in [3.63, 3.8) is 0 Å². The smallest absolute Gasteiger partial charge is 0.317 e. The maximum absolute atomic E-state index is 13.4. The number of hydrogen-bond donors (Lipinski definition) is 3. The maximum Gasteiger partial charge on any atom is 0.317 e. The molecule has 1 saturated heterocycles. The standard InChI is InChI=1S/C29H46N4O3/c1-31-21-27(19-23-10-4-3-5-11-23)32-28(34)33-16-9-14-26(22-33)29(35,15-6-7-17-36-2)25-13-8-12-24(18-25)20-30/h8,12-13,18,23,26-27,31,35H,3-7,9-11,14-17,19,21-22H2,1-2H3,(H,32,34)/t26-,27?,29-/m1/s1. The highest BCUT2D eigenvalue weighted by Crippen LogP contribution is 2.40. The van der Waals surface area contributed by atoms with E-state index in [9.17, 15) is 15.2 Å². The van der Waals surface area contributed by atoms with Gasteiger partial charge in [-0.25, -0.2) is 4.79 Å². The summed E-state index contributed by atoms with van der Waals surface area (Å²) in [6.07, 6.45) is 11.4. The molecule has 0 aromatic heterocycles. The summed E-state index contributed by atoms with van der Waals surface area (Å²) in [7, 11) is 3.63. The topological polar surface area (TPSA) is 97.6 Å². The van der Waals surface area contributed by atoms with E-state index in [2.05, 4.69) is 16.7 Å². The van der Waals surface area contributed by atoms with E-state index in [0.29, 0.717) is 37.6 Å². The molecule has 1 aliphatic carbocycles. The molecule has 1 unspecified atom stereocenters. The number of unbranched alkanes of at least 4 members (excludes halogenated alkanes) is 1. The molecule has 7 nitrogen and oxygen atoms in total. The molecule has 0 bridgehead atoms. The SMILES string of the molecule is CNCC(CC1CCCCC1)NC(=O)N1CCC[C@@H]([C@@](O)(CCCCOC)c2cccc(C#N)c2)C1. The first kappa shape index (κ1) is 28.4. The number of urea groups is 1. The van der Waals surface area contributed by atoms with Gasteiger partial charge in [0, 0.05) is 45.3 Å². The molecular weight excluding hydrogens is 452 g/mol. The van der Waals surface area contributed by atoms with E-state index >= 15 is 0 Å². The van der Waals surface area contributed by atoms with E-state index in [0.717, 1.165) is 44.2 Å². The average molecular weight is 499 g/mol. The number of piperidine rings is 1. The minimum absolute atomic E-state index is 0.0248. The Bertz CT molecular complexity index is 851. The number of amides is 2. The van der Waals surface area contributed by atoms with Crippen LogP contribution in [-0.2, 0) is 10.3 Å². The van der Waals surface area contributed by atoms with Crippen molar-refractivity contribution >= 4 is 6.03 Å². The van der Waals surface area contributed by atoms with Crippen molar-refractivity contribution in [2.45, 2.75) is 82.3 Å². The van der Waals surface area contributed by atoms with Crippen LogP contribution in [0, 0.1) is 23.2 Å². The highest BCUT2D eigenvalue weighted by atomic mass is 16.5. The third kappa shape index (κ3) is 7.93. The number of nitrogens with one attached hydrogen (secondary N) is 2. The number of benzene rings is 1. The molecule has 1 heterocycles. The maximum atomic E-state index is 13.4. The predicted molar refractivity (Wildman–Crippen MR) is 143 cm³/mol. The number of likely N-dealkylation sites (tertiary alicyclic amines) is 1. The number of carbonyl (C=O) groups excluding carboxylic acids is 1. The first-order valence-electron chi connectivity index (χ1n) is 13.9. The molecule has 3 N–H and O–H groups in total. The minimum Gasteiger partial charge on any atom is -0.385 e. The van der Waals surface area contributed by atoms with Crippen molar-refractivity contribution in [3.8, 4) is 6.07 Å². The molecule has 1 saturated carbocycles. The summed E-state index contributed by atoms with van der Waals surface area (Å²) in [5.74, 6) is 0.602. The van der Waals surface area contributed by atoms with Crippen molar-refractivity contribution in [2.75, 3.05) is 40.4 Å². The molecule has 2 amide bonds. The summed E-state index contributed by atoms with van der Waals surface area (Å²) >= 11 is 0. The molecule has 1 aromatic carbocycles. The molecule has 3 rings (SSSR count). The number of methoxy groups -OCH3 is 1. The molecule has 1 aromatic rings. The number of nitrogens with zero attached hydrogens (tertiary/aromatic N) is 2. The number of aliphatic hydroxyl groups is 1. The number of nitriles is 1. The van der Waals surface area contributed by atoms with Gasteiger partial charge in [-0.2, -0.15) is 5.26 Å². The molecular formula is C29H46N4O3. The molecule has 3 atom stereocenters. The van der Waals surface area contributed by atoms with Crippen molar-refractivity contribution < 1.29 is 14.6 Å². The van der Waals surface area contributed by atoms with Gasteiger partial charge in [0.1, 0.15) is 0 Å². The van der Waals surface area contributed by atoms with E-state index in [4.69, 9.17) is 4.74 Å². The largest absolute Gasteiger partial charge is 0.385 e. The fourth-order valence-electron chi connectivity index (χ4n) is 6.17. The van der Waals surface area contributed by atoms with Gasteiger partial charge < -0.3 is 25.4 Å². The Morgan fingerprint density at radius 1 is 1.25 bits per heavy atom. The first-order chi connectivity index (χ1) is 17.5. The molecule has 1 aliphatic heterocycles. The van der Waals surface area contributed by atoms with Crippen molar-refractivity contribution in [2.24, 2.45) is 11.8 Å². The van der Waals surface area contributed by atoms with Gasteiger partial charge in [0.25, 0.3) is 0 Å². The zero-order valence-electron chi connectivity index (χ0n) is 22.3. The summed E-state index contributed by atoms with van der Waals surface area (Å²) in [5.41, 5.74) is 0.230. The zero-order valence-corrected chi connectivity index (χ0v) is 22.3. The Hall–Kier alpha value is -2.14. The number of ether oxygens (including phenoxy) is 1. The second-order valence-electron chi connectivity index (χ2n) is 10.8. The quantitative estimate of drug-likeness (QED) is 0.368. The Morgan fingerprint density at radius 2 is 2.06 bits per heavy atom. The van der Waals surface area contributed by atoms with Gasteiger partial charge in [-0.1, -0.05) is 44.2 Å². The lowest BCUT2D eigenvalue weighted by atomic mass is 9.74. The van der Waals surface area contributed by atoms with Crippen LogP contribution in [0.2, 0.25) is 0 Å². The zero-order chi connectivity index (χ0) is 25.8. The average Bonchev–Trinajstić information content (AvgIpc) is 2.91. The molecule has 36 heavy (non-hydrogen) atoms. The Morgan fingerprint density at radius 3 is 2.78 bits per heavy atom. The van der Waals surface area contributed by atoms with Gasteiger partial charge in [0.15, 0.2) is 0 Å². The lowest BCUT2D eigenvalue weighted by Gasteiger charge is -2.43. The summed E-state index contributed by atoms with van der Waals surface area (Å²) in [4.78, 5) is 15.3. The molecule has 200 valence electrons. The highest BCUT2D eigenvalue weighted by Gasteiger charge is 2.41. The van der Waals surface area contributed by atoms with Crippen molar-refractivity contribution in [1.82, 2.24) is 15.5 Å². The van der Waals surface area contributed by atoms with Crippen LogP contribution in [0.5, 0.6) is 0 Å². The van der Waals surface area contributed by atoms with Gasteiger partial charge in [0.05, 0.1) is 17.2 Å². The third-order valence-corrected chi connectivity index (χ3v) is 8.15. The molecule has 7 heteroatoms. The van der Waals surface area contributed by atoms with Gasteiger partial charge in [-0.3, -0.25) is 0 Å². The molecule has 0 radical (unpaired) electrons. The second-order valence-corrected chi connectivity index (χ2v) is 10.8. The van der Waals surface area contributed by atoms with Crippen LogP contribution in [0.15, 0.2) is 24.3 Å². The summed E-state index contributed by atoms with van der Waals surface area (Å²) in [6, 6.07) is 9.63. The third-order valence-electron chi connectivity index (χ3n) is 8.15. The van der Waals surface area contributed by atoms with Crippen molar-refractivity contribution in [1.29, 1.82) is 5.26 Å². The van der Waals surface area contributed by atoms with E-state index in [1.165, 1.54) is 32.1 Å². The molecule has 0 spiro atoms.